The summed E-state index contributed by atoms with van der Waals surface area (Å²) in [5, 5.41) is 9.23. The number of carbonyl (C=O) groups is 2. The largest absolute Gasteiger partial charge is 0.480 e. The Kier molecular flexibility index (Phi) is 6.36. The first-order valence-electron chi connectivity index (χ1n) is 7.91. The van der Waals surface area contributed by atoms with Crippen molar-refractivity contribution < 1.29 is 23.1 Å². The van der Waals surface area contributed by atoms with Gasteiger partial charge in [0.05, 0.1) is 4.90 Å². The molecule has 0 fully saturated rings. The first-order chi connectivity index (χ1) is 11.3. The topological polar surface area (TPSA) is 127 Å². The van der Waals surface area contributed by atoms with E-state index in [9.17, 15) is 23.1 Å². The second-order valence-electron chi connectivity index (χ2n) is 7.18. The Morgan fingerprint density at radius 1 is 1.24 bits per heavy atom. The summed E-state index contributed by atoms with van der Waals surface area (Å²) in [5.41, 5.74) is 6.95. The van der Waals surface area contributed by atoms with Gasteiger partial charge in [-0.25, -0.2) is 8.42 Å². The van der Waals surface area contributed by atoms with E-state index in [0.717, 1.165) is 11.1 Å². The molecular formula is C17H26N2O5S. The number of benzene rings is 1. The van der Waals surface area contributed by atoms with Crippen molar-refractivity contribution in [2.24, 2.45) is 5.73 Å². The molecule has 0 saturated carbocycles. The van der Waals surface area contributed by atoms with Gasteiger partial charge in [-0.3, -0.25) is 9.59 Å². The number of primary amides is 1. The van der Waals surface area contributed by atoms with Crippen LogP contribution in [0.5, 0.6) is 0 Å². The highest BCUT2D eigenvalue weighted by Crippen LogP contribution is 2.29. The predicted octanol–water partition coefficient (Wildman–Crippen LogP) is 1.60. The van der Waals surface area contributed by atoms with E-state index in [-0.39, 0.29) is 23.2 Å². The molecule has 1 rings (SSSR count). The maximum absolute atomic E-state index is 12.8. The summed E-state index contributed by atoms with van der Waals surface area (Å²) in [6.45, 7) is 9.39. The summed E-state index contributed by atoms with van der Waals surface area (Å²) in [7, 11) is -4.07. The fourth-order valence-corrected chi connectivity index (χ4v) is 3.88. The van der Waals surface area contributed by atoms with Gasteiger partial charge >= 0.3 is 5.97 Å². The number of aryl methyl sites for hydroxylation is 1. The summed E-state index contributed by atoms with van der Waals surface area (Å²) in [6.07, 6.45) is -0.430. The zero-order valence-corrected chi connectivity index (χ0v) is 16.0. The third-order valence-electron chi connectivity index (χ3n) is 4.05. The van der Waals surface area contributed by atoms with E-state index < -0.39 is 27.9 Å². The molecule has 1 atom stereocenters. The smallest absolute Gasteiger partial charge is 0.321 e. The van der Waals surface area contributed by atoms with Crippen LogP contribution >= 0.6 is 0 Å². The number of carboxylic acids is 1. The SMILES string of the molecule is Cc1cc(C(C)(C)C)cc(S(=O)(=O)N[C@@H](CCC(N)=O)C(=O)O)c1C. The zero-order valence-electron chi connectivity index (χ0n) is 15.2. The molecule has 140 valence electrons. The molecule has 0 aliphatic heterocycles. The molecule has 8 heteroatoms. The normalized spacial score (nSPS) is 13.5. The standard InChI is InChI=1S/C17H26N2O5S/c1-10-8-12(17(3,4)5)9-14(11(10)2)25(23,24)19-13(16(21)22)6-7-15(18)20/h8-9,13,19H,6-7H2,1-5H3,(H2,18,20)(H,21,22)/t13-/m0/s1. The summed E-state index contributed by atoms with van der Waals surface area (Å²) in [5.74, 6) is -2.04. The van der Waals surface area contributed by atoms with E-state index in [1.807, 2.05) is 33.8 Å². The Balaban J connectivity index is 3.30. The number of carboxylic acid groups (broad SMARTS) is 1. The summed E-state index contributed by atoms with van der Waals surface area (Å²) in [4.78, 5) is 22.2. The molecule has 0 aliphatic carbocycles. The van der Waals surface area contributed by atoms with Crippen LogP contribution in [0.15, 0.2) is 17.0 Å². The molecule has 25 heavy (non-hydrogen) atoms. The van der Waals surface area contributed by atoms with Gasteiger partial charge in [-0.05, 0) is 48.4 Å². The molecule has 0 unspecified atom stereocenters. The molecule has 0 heterocycles. The van der Waals surface area contributed by atoms with Gasteiger partial charge in [0.1, 0.15) is 6.04 Å². The number of nitrogens with two attached hydrogens (primary N) is 1. The van der Waals surface area contributed by atoms with E-state index in [0.29, 0.717) is 5.56 Å². The van der Waals surface area contributed by atoms with Crippen molar-refractivity contribution in [3.05, 3.63) is 28.8 Å². The van der Waals surface area contributed by atoms with Crippen LogP contribution in [0, 0.1) is 13.8 Å². The van der Waals surface area contributed by atoms with Crippen molar-refractivity contribution >= 4 is 21.9 Å². The van der Waals surface area contributed by atoms with Crippen molar-refractivity contribution in [2.75, 3.05) is 0 Å². The van der Waals surface area contributed by atoms with E-state index in [2.05, 4.69) is 4.72 Å². The van der Waals surface area contributed by atoms with Crippen LogP contribution in [-0.2, 0) is 25.0 Å². The van der Waals surface area contributed by atoms with E-state index in [1.165, 1.54) is 0 Å². The maximum Gasteiger partial charge on any atom is 0.321 e. The number of sulfonamides is 1. The quantitative estimate of drug-likeness (QED) is 0.672. The average molecular weight is 370 g/mol. The van der Waals surface area contributed by atoms with E-state index >= 15 is 0 Å². The number of amides is 1. The number of aliphatic carboxylic acids is 1. The van der Waals surface area contributed by atoms with E-state index in [4.69, 9.17) is 5.73 Å². The minimum absolute atomic E-state index is 0.0442. The molecular weight excluding hydrogens is 344 g/mol. The van der Waals surface area contributed by atoms with Gasteiger partial charge in [-0.2, -0.15) is 4.72 Å². The zero-order chi connectivity index (χ0) is 19.6. The van der Waals surface area contributed by atoms with Crippen LogP contribution in [0.2, 0.25) is 0 Å². The number of rotatable bonds is 7. The van der Waals surface area contributed by atoms with Crippen molar-refractivity contribution in [1.82, 2.24) is 4.72 Å². The van der Waals surface area contributed by atoms with Crippen molar-refractivity contribution in [1.29, 1.82) is 0 Å². The number of hydrogen-bond acceptors (Lipinski definition) is 4. The van der Waals surface area contributed by atoms with Crippen LogP contribution in [0.4, 0.5) is 0 Å². The van der Waals surface area contributed by atoms with Gasteiger partial charge in [0.25, 0.3) is 0 Å². The lowest BCUT2D eigenvalue weighted by Crippen LogP contribution is -2.41. The first kappa shape index (κ1) is 21.1. The Labute approximate surface area is 148 Å². The predicted molar refractivity (Wildman–Crippen MR) is 94.8 cm³/mol. The fourth-order valence-electron chi connectivity index (χ4n) is 2.31. The van der Waals surface area contributed by atoms with E-state index in [1.54, 1.807) is 13.0 Å². The maximum atomic E-state index is 12.8. The van der Waals surface area contributed by atoms with Crippen molar-refractivity contribution in [3.8, 4) is 0 Å². The number of carbonyl (C=O) groups excluding carboxylic acids is 1. The van der Waals surface area contributed by atoms with Crippen LogP contribution in [0.25, 0.3) is 0 Å². The highest BCUT2D eigenvalue weighted by atomic mass is 32.2. The number of hydrogen-bond donors (Lipinski definition) is 3. The Hall–Kier alpha value is -1.93. The molecule has 0 radical (unpaired) electrons. The summed E-state index contributed by atoms with van der Waals surface area (Å²) in [6, 6.07) is 2.07. The second kappa shape index (κ2) is 7.53. The lowest BCUT2D eigenvalue weighted by Gasteiger charge is -2.23. The molecule has 0 spiro atoms. The van der Waals surface area contributed by atoms with Crippen molar-refractivity contribution in [3.63, 3.8) is 0 Å². The van der Waals surface area contributed by atoms with Crippen molar-refractivity contribution in [2.45, 2.75) is 63.8 Å². The molecule has 1 aromatic carbocycles. The van der Waals surface area contributed by atoms with Gasteiger partial charge < -0.3 is 10.8 Å². The third-order valence-corrected chi connectivity index (χ3v) is 5.65. The number of nitrogens with one attached hydrogen (secondary N) is 1. The highest BCUT2D eigenvalue weighted by Gasteiger charge is 2.28. The minimum atomic E-state index is -4.07. The molecule has 4 N–H and O–H groups in total. The van der Waals surface area contributed by atoms with Crippen LogP contribution in [0.3, 0.4) is 0 Å². The molecule has 0 aliphatic rings. The summed E-state index contributed by atoms with van der Waals surface area (Å²) < 4.78 is 27.7. The molecule has 1 aromatic rings. The van der Waals surface area contributed by atoms with Crippen LogP contribution in [0.1, 0.15) is 50.3 Å². The fraction of sp³-hybridized carbons (Fsp3) is 0.529. The van der Waals surface area contributed by atoms with Crippen LogP contribution < -0.4 is 10.5 Å². The van der Waals surface area contributed by atoms with Crippen LogP contribution in [-0.4, -0.2) is 31.4 Å². The van der Waals surface area contributed by atoms with Gasteiger partial charge in [0.2, 0.25) is 15.9 Å². The third kappa shape index (κ3) is 5.54. The minimum Gasteiger partial charge on any atom is -0.480 e. The molecule has 0 bridgehead atoms. The van der Waals surface area contributed by atoms with Gasteiger partial charge in [-0.15, -0.1) is 0 Å². The Morgan fingerprint density at radius 3 is 2.24 bits per heavy atom. The average Bonchev–Trinajstić information content (AvgIpc) is 2.44. The van der Waals surface area contributed by atoms with Gasteiger partial charge in [0, 0.05) is 6.42 Å². The summed E-state index contributed by atoms with van der Waals surface area (Å²) >= 11 is 0. The lowest BCUT2D eigenvalue weighted by atomic mass is 9.85. The van der Waals surface area contributed by atoms with Gasteiger partial charge in [-0.1, -0.05) is 26.8 Å². The molecule has 0 aromatic heterocycles. The lowest BCUT2D eigenvalue weighted by molar-refractivity contribution is -0.139. The molecule has 0 saturated heterocycles. The highest BCUT2D eigenvalue weighted by molar-refractivity contribution is 7.89. The molecule has 1 amide bonds. The Bertz CT molecular complexity index is 779. The monoisotopic (exact) mass is 370 g/mol. The Morgan fingerprint density at radius 2 is 1.80 bits per heavy atom. The van der Waals surface area contributed by atoms with Gasteiger partial charge in [0.15, 0.2) is 0 Å². The second-order valence-corrected chi connectivity index (χ2v) is 8.87. The molecule has 7 nitrogen and oxygen atoms in total. The first-order valence-corrected chi connectivity index (χ1v) is 9.39.